The maximum atomic E-state index is 13.7. The number of rotatable bonds is 5. The fourth-order valence-electron chi connectivity index (χ4n) is 1.46. The lowest BCUT2D eigenvalue weighted by molar-refractivity contribution is -0.385. The first-order chi connectivity index (χ1) is 10.0. The number of nitro groups is 1. The highest BCUT2D eigenvalue weighted by Gasteiger charge is 2.15. The molecule has 7 nitrogen and oxygen atoms in total. The van der Waals surface area contributed by atoms with Gasteiger partial charge in [-0.2, -0.15) is 9.37 Å². The van der Waals surface area contributed by atoms with Gasteiger partial charge in [0.1, 0.15) is 0 Å². The van der Waals surface area contributed by atoms with Crippen molar-refractivity contribution in [2.24, 2.45) is 0 Å². The lowest BCUT2D eigenvalue weighted by Crippen LogP contribution is -2.04. The van der Waals surface area contributed by atoms with E-state index in [9.17, 15) is 18.9 Å². The number of nitrogens with zero attached hydrogens (tertiary/aromatic N) is 3. The summed E-state index contributed by atoms with van der Waals surface area (Å²) in [5.41, 5.74) is -0.434. The van der Waals surface area contributed by atoms with Gasteiger partial charge in [-0.25, -0.2) is 9.37 Å². The summed E-state index contributed by atoms with van der Waals surface area (Å²) >= 11 is 0. The van der Waals surface area contributed by atoms with Crippen LogP contribution in [0, 0.1) is 21.7 Å². The molecule has 0 fully saturated rings. The van der Waals surface area contributed by atoms with Gasteiger partial charge < -0.3 is 10.1 Å². The van der Waals surface area contributed by atoms with Gasteiger partial charge in [0.15, 0.2) is 11.6 Å². The minimum atomic E-state index is -0.993. The van der Waals surface area contributed by atoms with E-state index in [0.29, 0.717) is 12.6 Å². The minimum Gasteiger partial charge on any atom is -0.433 e. The molecule has 1 aromatic carbocycles. The number of aromatic nitrogens is 2. The Hall–Kier alpha value is -2.84. The van der Waals surface area contributed by atoms with Gasteiger partial charge in [-0.15, -0.1) is 0 Å². The summed E-state index contributed by atoms with van der Waals surface area (Å²) in [5, 5.41) is 13.3. The molecule has 0 amide bonds. The maximum absolute atomic E-state index is 13.7. The van der Waals surface area contributed by atoms with Crippen LogP contribution >= 0.6 is 0 Å². The van der Waals surface area contributed by atoms with Crippen molar-refractivity contribution in [3.63, 3.8) is 0 Å². The van der Waals surface area contributed by atoms with Crippen LogP contribution in [0.25, 0.3) is 0 Å². The molecule has 0 saturated heterocycles. The zero-order chi connectivity index (χ0) is 15.4. The second-order valence-electron chi connectivity index (χ2n) is 3.85. The van der Waals surface area contributed by atoms with Gasteiger partial charge in [0.2, 0.25) is 11.8 Å². The normalized spacial score (nSPS) is 10.2. The lowest BCUT2D eigenvalue weighted by atomic mass is 10.3. The molecule has 0 aliphatic rings. The standard InChI is InChI=1S/C12H10F2N4O3/c1-2-15-12-16-6-9(14)11(17-12)21-10-4-3-7(18(19)20)5-8(10)13/h3-6H,2H2,1H3,(H,15,16,17). The fourth-order valence-corrected chi connectivity index (χ4v) is 1.46. The Labute approximate surface area is 117 Å². The first kappa shape index (κ1) is 14.6. The molecule has 0 bridgehead atoms. The van der Waals surface area contributed by atoms with Gasteiger partial charge in [-0.3, -0.25) is 10.1 Å². The van der Waals surface area contributed by atoms with Crippen LogP contribution in [0.1, 0.15) is 6.92 Å². The Kier molecular flexibility index (Phi) is 4.21. The molecule has 0 unspecified atom stereocenters. The average Bonchev–Trinajstić information content (AvgIpc) is 2.44. The van der Waals surface area contributed by atoms with E-state index in [1.807, 2.05) is 0 Å². The molecule has 0 saturated carbocycles. The van der Waals surface area contributed by atoms with Crippen LogP contribution in [0.5, 0.6) is 11.6 Å². The smallest absolute Gasteiger partial charge is 0.272 e. The Morgan fingerprint density at radius 1 is 1.38 bits per heavy atom. The Morgan fingerprint density at radius 3 is 2.76 bits per heavy atom. The van der Waals surface area contributed by atoms with Gasteiger partial charge in [0.05, 0.1) is 17.2 Å². The number of halogens is 2. The third kappa shape index (κ3) is 3.38. The highest BCUT2D eigenvalue weighted by atomic mass is 19.1. The van der Waals surface area contributed by atoms with Crippen molar-refractivity contribution >= 4 is 11.6 Å². The fraction of sp³-hybridized carbons (Fsp3) is 0.167. The van der Waals surface area contributed by atoms with Crippen molar-refractivity contribution in [2.45, 2.75) is 6.92 Å². The van der Waals surface area contributed by atoms with Crippen molar-refractivity contribution in [1.82, 2.24) is 9.97 Å². The topological polar surface area (TPSA) is 90.2 Å². The zero-order valence-electron chi connectivity index (χ0n) is 10.8. The number of nitrogens with one attached hydrogen (secondary N) is 1. The van der Waals surface area contributed by atoms with E-state index < -0.39 is 28.1 Å². The summed E-state index contributed by atoms with van der Waals surface area (Å²) in [6, 6.07) is 2.75. The minimum absolute atomic E-state index is 0.121. The number of benzene rings is 1. The molecular weight excluding hydrogens is 286 g/mol. The highest BCUT2D eigenvalue weighted by Crippen LogP contribution is 2.28. The van der Waals surface area contributed by atoms with Crippen LogP contribution < -0.4 is 10.1 Å². The third-order valence-electron chi connectivity index (χ3n) is 2.38. The first-order valence-corrected chi connectivity index (χ1v) is 5.89. The van der Waals surface area contributed by atoms with E-state index in [4.69, 9.17) is 4.74 Å². The number of anilines is 1. The summed E-state index contributed by atoms with van der Waals surface area (Å²) in [6.07, 6.45) is 0.879. The second-order valence-corrected chi connectivity index (χ2v) is 3.85. The molecule has 1 N–H and O–H groups in total. The van der Waals surface area contributed by atoms with E-state index in [-0.39, 0.29) is 11.7 Å². The zero-order valence-corrected chi connectivity index (χ0v) is 10.8. The SMILES string of the molecule is CCNc1ncc(F)c(Oc2ccc([N+](=O)[O-])cc2F)n1. The lowest BCUT2D eigenvalue weighted by Gasteiger charge is -2.08. The summed E-state index contributed by atoms with van der Waals surface area (Å²) in [6.45, 7) is 2.31. The molecule has 21 heavy (non-hydrogen) atoms. The van der Waals surface area contributed by atoms with Crippen molar-refractivity contribution in [3.8, 4) is 11.6 Å². The van der Waals surface area contributed by atoms with Crippen LogP contribution in [0.2, 0.25) is 0 Å². The van der Waals surface area contributed by atoms with E-state index in [2.05, 4.69) is 15.3 Å². The summed E-state index contributed by atoms with van der Waals surface area (Å²) in [4.78, 5) is 17.2. The predicted octanol–water partition coefficient (Wildman–Crippen LogP) is 2.89. The van der Waals surface area contributed by atoms with Gasteiger partial charge in [-0.1, -0.05) is 0 Å². The van der Waals surface area contributed by atoms with Gasteiger partial charge >= 0.3 is 0 Å². The molecule has 0 radical (unpaired) electrons. The van der Waals surface area contributed by atoms with E-state index >= 15 is 0 Å². The van der Waals surface area contributed by atoms with Crippen molar-refractivity contribution in [1.29, 1.82) is 0 Å². The molecule has 110 valence electrons. The predicted molar refractivity (Wildman–Crippen MR) is 69.3 cm³/mol. The number of non-ortho nitro benzene ring substituents is 1. The molecule has 0 aliphatic carbocycles. The largest absolute Gasteiger partial charge is 0.433 e. The van der Waals surface area contributed by atoms with Crippen LogP contribution in [-0.2, 0) is 0 Å². The van der Waals surface area contributed by atoms with Crippen molar-refractivity contribution in [2.75, 3.05) is 11.9 Å². The third-order valence-corrected chi connectivity index (χ3v) is 2.38. The number of hydrogen-bond donors (Lipinski definition) is 1. The summed E-state index contributed by atoms with van der Waals surface area (Å²) in [7, 11) is 0. The average molecular weight is 296 g/mol. The summed E-state index contributed by atoms with van der Waals surface area (Å²) < 4.78 is 32.2. The Bertz CT molecular complexity index is 682. The molecule has 1 aromatic heterocycles. The van der Waals surface area contributed by atoms with Gasteiger partial charge in [0.25, 0.3) is 11.6 Å². The van der Waals surface area contributed by atoms with Crippen molar-refractivity contribution < 1.29 is 18.4 Å². The van der Waals surface area contributed by atoms with Crippen LogP contribution in [-0.4, -0.2) is 21.4 Å². The monoisotopic (exact) mass is 296 g/mol. The maximum Gasteiger partial charge on any atom is 0.272 e. The van der Waals surface area contributed by atoms with Crippen LogP contribution in [0.4, 0.5) is 20.4 Å². The quantitative estimate of drug-likeness (QED) is 0.674. The van der Waals surface area contributed by atoms with Crippen LogP contribution in [0.3, 0.4) is 0 Å². The van der Waals surface area contributed by atoms with Gasteiger partial charge in [-0.05, 0) is 13.0 Å². The van der Waals surface area contributed by atoms with E-state index in [1.54, 1.807) is 6.92 Å². The second kappa shape index (κ2) is 6.07. The number of ether oxygens (including phenoxy) is 1. The Morgan fingerprint density at radius 2 is 2.14 bits per heavy atom. The van der Waals surface area contributed by atoms with E-state index in [1.165, 1.54) is 0 Å². The van der Waals surface area contributed by atoms with E-state index in [0.717, 1.165) is 18.3 Å². The molecule has 2 rings (SSSR count). The molecule has 0 spiro atoms. The van der Waals surface area contributed by atoms with Crippen molar-refractivity contribution in [3.05, 3.63) is 46.1 Å². The molecule has 9 heteroatoms. The summed E-state index contributed by atoms with van der Waals surface area (Å²) in [5.74, 6) is -2.60. The number of nitro benzene ring substituents is 1. The first-order valence-electron chi connectivity index (χ1n) is 5.89. The molecule has 0 atom stereocenters. The van der Waals surface area contributed by atoms with Gasteiger partial charge in [0, 0.05) is 12.6 Å². The van der Waals surface area contributed by atoms with Crippen LogP contribution in [0.15, 0.2) is 24.4 Å². The molecule has 1 heterocycles. The molecular formula is C12H10F2N4O3. The Balaban J connectivity index is 2.29. The molecule has 0 aliphatic heterocycles. The number of hydrogen-bond acceptors (Lipinski definition) is 6. The molecule has 2 aromatic rings. The highest BCUT2D eigenvalue weighted by molar-refractivity contribution is 5.39.